The fraction of sp³-hybridized carbons (Fsp3) is 0.462. The number of carboxylic acids is 1. The molecular weight excluding hydrogens is 447 g/mol. The lowest BCUT2D eigenvalue weighted by atomic mass is 9.64. The number of hydrogen-bond donors (Lipinski definition) is 1. The third-order valence-electron chi connectivity index (χ3n) is 7.88. The number of halogens is 3. The van der Waals surface area contributed by atoms with Gasteiger partial charge in [-0.3, -0.25) is 4.79 Å². The lowest BCUT2D eigenvalue weighted by molar-refractivity contribution is -0.195. The topological polar surface area (TPSA) is 66.8 Å². The fourth-order valence-corrected chi connectivity index (χ4v) is 6.27. The van der Waals surface area contributed by atoms with E-state index in [1.165, 1.54) is 4.90 Å². The molecule has 1 amide bonds. The molecule has 2 aromatic rings. The molecular formula is C26H26F3NO4. The van der Waals surface area contributed by atoms with E-state index in [1.807, 2.05) is 48.5 Å². The second-order valence-electron chi connectivity index (χ2n) is 9.77. The van der Waals surface area contributed by atoms with Crippen molar-refractivity contribution in [2.75, 3.05) is 19.7 Å². The minimum Gasteiger partial charge on any atom is -0.481 e. The van der Waals surface area contributed by atoms with E-state index >= 15 is 0 Å². The summed E-state index contributed by atoms with van der Waals surface area (Å²) in [6, 6.07) is 15.8. The third-order valence-corrected chi connectivity index (χ3v) is 7.88. The van der Waals surface area contributed by atoms with Crippen molar-refractivity contribution in [2.45, 2.75) is 37.8 Å². The van der Waals surface area contributed by atoms with E-state index in [1.54, 1.807) is 0 Å². The van der Waals surface area contributed by atoms with Crippen molar-refractivity contribution in [1.29, 1.82) is 0 Å². The average Bonchev–Trinajstić information content (AvgIpc) is 3.33. The largest absolute Gasteiger partial charge is 0.481 e. The second kappa shape index (κ2) is 8.32. The van der Waals surface area contributed by atoms with Crippen LogP contribution in [0.4, 0.5) is 18.0 Å². The van der Waals surface area contributed by atoms with Crippen molar-refractivity contribution in [3.63, 3.8) is 0 Å². The highest BCUT2D eigenvalue weighted by atomic mass is 19.4. The zero-order valence-electron chi connectivity index (χ0n) is 18.6. The van der Waals surface area contributed by atoms with Crippen LogP contribution in [-0.4, -0.2) is 47.9 Å². The minimum atomic E-state index is -4.37. The van der Waals surface area contributed by atoms with Crippen LogP contribution < -0.4 is 0 Å². The molecule has 0 bridgehead atoms. The Bertz CT molecular complexity index is 1070. The highest BCUT2D eigenvalue weighted by molar-refractivity contribution is 5.79. The molecule has 5 rings (SSSR count). The normalized spacial score (nSPS) is 26.4. The van der Waals surface area contributed by atoms with Crippen molar-refractivity contribution in [2.24, 2.45) is 17.3 Å². The summed E-state index contributed by atoms with van der Waals surface area (Å²) in [7, 11) is 0. The molecule has 3 unspecified atom stereocenters. The SMILES string of the molecule is O=C(O)C1CN(C(=O)OCC2c3ccccc3-c3ccccc32)CC12CCCC(C(F)(F)F)C2. The molecule has 1 spiro atoms. The molecule has 180 valence electrons. The predicted molar refractivity (Wildman–Crippen MR) is 118 cm³/mol. The van der Waals surface area contributed by atoms with Gasteiger partial charge in [0.15, 0.2) is 0 Å². The number of likely N-dealkylation sites (tertiary alicyclic amines) is 1. The fourth-order valence-electron chi connectivity index (χ4n) is 6.27. The van der Waals surface area contributed by atoms with Gasteiger partial charge in [0.1, 0.15) is 6.61 Å². The molecule has 0 radical (unpaired) electrons. The quantitative estimate of drug-likeness (QED) is 0.622. The minimum absolute atomic E-state index is 0.00251. The van der Waals surface area contributed by atoms with E-state index in [2.05, 4.69) is 0 Å². The van der Waals surface area contributed by atoms with Crippen molar-refractivity contribution in [3.8, 4) is 11.1 Å². The van der Waals surface area contributed by atoms with E-state index in [4.69, 9.17) is 4.74 Å². The van der Waals surface area contributed by atoms with Crippen LogP contribution in [0.3, 0.4) is 0 Å². The molecule has 1 saturated heterocycles. The van der Waals surface area contributed by atoms with Crippen LogP contribution in [0.15, 0.2) is 48.5 Å². The zero-order valence-corrected chi connectivity index (χ0v) is 18.6. The maximum Gasteiger partial charge on any atom is 0.409 e. The van der Waals surface area contributed by atoms with Gasteiger partial charge in [-0.25, -0.2) is 4.79 Å². The molecule has 5 nitrogen and oxygen atoms in total. The van der Waals surface area contributed by atoms with E-state index in [0.29, 0.717) is 12.8 Å². The van der Waals surface area contributed by atoms with Crippen LogP contribution in [0.2, 0.25) is 0 Å². The molecule has 1 heterocycles. The molecule has 0 aromatic heterocycles. The van der Waals surface area contributed by atoms with Gasteiger partial charge in [-0.2, -0.15) is 13.2 Å². The molecule has 2 aromatic carbocycles. The Kier molecular flexibility index (Phi) is 5.57. The number of carboxylic acid groups (broad SMARTS) is 1. The number of carbonyl (C=O) groups excluding carboxylic acids is 1. The molecule has 1 N–H and O–H groups in total. The Balaban J connectivity index is 1.32. The highest BCUT2D eigenvalue weighted by Gasteiger charge is 2.57. The Morgan fingerprint density at radius 3 is 2.26 bits per heavy atom. The zero-order chi connectivity index (χ0) is 24.1. The number of hydrogen-bond acceptors (Lipinski definition) is 3. The first-order chi connectivity index (χ1) is 16.2. The number of ether oxygens (including phenoxy) is 1. The van der Waals surface area contributed by atoms with Gasteiger partial charge in [-0.05, 0) is 41.5 Å². The van der Waals surface area contributed by atoms with Crippen molar-refractivity contribution < 1.29 is 32.6 Å². The van der Waals surface area contributed by atoms with Gasteiger partial charge in [0, 0.05) is 24.4 Å². The third kappa shape index (κ3) is 3.83. The summed E-state index contributed by atoms with van der Waals surface area (Å²) in [5.74, 6) is -3.87. The van der Waals surface area contributed by atoms with Gasteiger partial charge >= 0.3 is 18.2 Å². The maximum atomic E-state index is 13.4. The summed E-state index contributed by atoms with van der Waals surface area (Å²) in [4.78, 5) is 26.3. The molecule has 34 heavy (non-hydrogen) atoms. The number of nitrogens with zero attached hydrogens (tertiary/aromatic N) is 1. The van der Waals surface area contributed by atoms with E-state index in [-0.39, 0.29) is 38.5 Å². The summed E-state index contributed by atoms with van der Waals surface area (Å²) >= 11 is 0. The number of amides is 1. The molecule has 1 aliphatic heterocycles. The maximum absolute atomic E-state index is 13.4. The summed E-state index contributed by atoms with van der Waals surface area (Å²) in [5, 5.41) is 9.78. The highest BCUT2D eigenvalue weighted by Crippen LogP contribution is 2.53. The molecule has 8 heteroatoms. The van der Waals surface area contributed by atoms with Crippen LogP contribution in [0.1, 0.15) is 42.7 Å². The first-order valence-corrected chi connectivity index (χ1v) is 11.6. The van der Waals surface area contributed by atoms with Crippen LogP contribution in [0.5, 0.6) is 0 Å². The Hall–Kier alpha value is -3.03. The first kappa shape index (κ1) is 22.7. The van der Waals surface area contributed by atoms with Crippen LogP contribution in [-0.2, 0) is 9.53 Å². The summed E-state index contributed by atoms with van der Waals surface area (Å²) in [6.07, 6.45) is -4.63. The van der Waals surface area contributed by atoms with E-state index in [9.17, 15) is 27.9 Å². The van der Waals surface area contributed by atoms with Gasteiger partial charge in [0.25, 0.3) is 0 Å². The van der Waals surface area contributed by atoms with Gasteiger partial charge in [-0.1, -0.05) is 55.0 Å². The number of benzene rings is 2. The number of aliphatic carboxylic acids is 1. The van der Waals surface area contributed by atoms with Gasteiger partial charge < -0.3 is 14.7 Å². The molecule has 3 aliphatic rings. The van der Waals surface area contributed by atoms with Crippen molar-refractivity contribution in [3.05, 3.63) is 59.7 Å². The summed E-state index contributed by atoms with van der Waals surface area (Å²) in [5.41, 5.74) is 3.21. The number of fused-ring (bicyclic) bond motifs is 3. The van der Waals surface area contributed by atoms with Crippen molar-refractivity contribution in [1.82, 2.24) is 4.90 Å². The number of alkyl halides is 3. The summed E-state index contributed by atoms with van der Waals surface area (Å²) in [6.45, 7) is -0.0664. The smallest absolute Gasteiger partial charge is 0.409 e. The lowest BCUT2D eigenvalue weighted by Crippen LogP contribution is -2.43. The molecule has 3 atom stereocenters. The van der Waals surface area contributed by atoms with Crippen LogP contribution in [0, 0.1) is 17.3 Å². The van der Waals surface area contributed by atoms with Gasteiger partial charge in [0.05, 0.1) is 11.8 Å². The Morgan fingerprint density at radius 1 is 1.06 bits per heavy atom. The van der Waals surface area contributed by atoms with Gasteiger partial charge in [0.2, 0.25) is 0 Å². The van der Waals surface area contributed by atoms with Gasteiger partial charge in [-0.15, -0.1) is 0 Å². The standard InChI is InChI=1S/C26H26F3NO4/c27-26(28,29)16-6-5-11-25(12-16)15-30(13-22(25)23(31)32)24(33)34-14-21-19-9-3-1-7-17(19)18-8-2-4-10-20(18)21/h1-4,7-10,16,21-22H,5-6,11-15H2,(H,31,32). The monoisotopic (exact) mass is 473 g/mol. The summed E-state index contributed by atoms with van der Waals surface area (Å²) < 4.78 is 46.0. The Labute approximate surface area is 195 Å². The number of carbonyl (C=O) groups is 2. The first-order valence-electron chi connectivity index (χ1n) is 11.6. The molecule has 1 saturated carbocycles. The van der Waals surface area contributed by atoms with Crippen LogP contribution >= 0.6 is 0 Å². The Morgan fingerprint density at radius 2 is 1.68 bits per heavy atom. The predicted octanol–water partition coefficient (Wildman–Crippen LogP) is 5.69. The molecule has 2 fully saturated rings. The lowest BCUT2D eigenvalue weighted by Gasteiger charge is -2.40. The average molecular weight is 473 g/mol. The van der Waals surface area contributed by atoms with Crippen molar-refractivity contribution >= 4 is 12.1 Å². The number of rotatable bonds is 3. The van der Waals surface area contributed by atoms with E-state index in [0.717, 1.165) is 22.3 Å². The second-order valence-corrected chi connectivity index (χ2v) is 9.77. The van der Waals surface area contributed by atoms with Crippen LogP contribution in [0.25, 0.3) is 11.1 Å². The van der Waals surface area contributed by atoms with E-state index < -0.39 is 35.5 Å². The molecule has 2 aliphatic carbocycles.